The van der Waals surface area contributed by atoms with Crippen LogP contribution >= 0.6 is 0 Å². The fourth-order valence-corrected chi connectivity index (χ4v) is 3.61. The van der Waals surface area contributed by atoms with Gasteiger partial charge in [-0.3, -0.25) is 0 Å². The number of aromatic nitrogens is 2. The molecule has 0 bridgehead atoms. The normalized spacial score (nSPS) is 22.4. The van der Waals surface area contributed by atoms with Crippen LogP contribution in [0.3, 0.4) is 0 Å². The second-order valence-corrected chi connectivity index (χ2v) is 6.34. The molecule has 0 unspecified atom stereocenters. The average Bonchev–Trinajstić information content (AvgIpc) is 2.94. The van der Waals surface area contributed by atoms with Crippen LogP contribution in [0.1, 0.15) is 24.5 Å². The van der Waals surface area contributed by atoms with Crippen LogP contribution in [0, 0.1) is 0 Å². The van der Waals surface area contributed by atoms with Gasteiger partial charge in [-0.05, 0) is 29.5 Å². The Hall–Kier alpha value is -2.43. The third kappa shape index (κ3) is 2.46. The van der Waals surface area contributed by atoms with Crippen molar-refractivity contribution in [1.29, 1.82) is 0 Å². The van der Waals surface area contributed by atoms with E-state index in [1.807, 2.05) is 20.2 Å². The molecule has 5 nitrogen and oxygen atoms in total. The highest BCUT2D eigenvalue weighted by molar-refractivity contribution is 5.76. The molecule has 4 rings (SSSR count). The fraction of sp³-hybridized carbons (Fsp3) is 0.389. The monoisotopic (exact) mass is 308 g/mol. The summed E-state index contributed by atoms with van der Waals surface area (Å²) in [5.41, 5.74) is 4.89. The molecule has 0 radical (unpaired) electrons. The van der Waals surface area contributed by atoms with Crippen molar-refractivity contribution >= 4 is 11.7 Å². The smallest absolute Gasteiger partial charge is 0.180 e. The van der Waals surface area contributed by atoms with E-state index in [4.69, 9.17) is 9.73 Å². The van der Waals surface area contributed by atoms with E-state index in [0.717, 1.165) is 42.1 Å². The van der Waals surface area contributed by atoms with Gasteiger partial charge in [0.15, 0.2) is 5.90 Å². The van der Waals surface area contributed by atoms with Gasteiger partial charge in [0.2, 0.25) is 0 Å². The first-order valence-corrected chi connectivity index (χ1v) is 7.98. The van der Waals surface area contributed by atoms with Gasteiger partial charge in [-0.1, -0.05) is 18.2 Å². The minimum Gasteiger partial charge on any atom is -0.479 e. The van der Waals surface area contributed by atoms with Crippen molar-refractivity contribution in [2.45, 2.75) is 31.7 Å². The quantitative estimate of drug-likeness (QED) is 0.927. The Morgan fingerprint density at radius 2 is 2.17 bits per heavy atom. The zero-order valence-corrected chi connectivity index (χ0v) is 13.5. The first-order valence-electron chi connectivity index (χ1n) is 7.98. The van der Waals surface area contributed by atoms with E-state index >= 15 is 0 Å². The number of benzene rings is 1. The Morgan fingerprint density at radius 3 is 2.96 bits per heavy atom. The lowest BCUT2D eigenvalue weighted by Crippen LogP contribution is -2.35. The number of fused-ring (bicyclic) bond motifs is 1. The molecule has 118 valence electrons. The lowest BCUT2D eigenvalue weighted by molar-refractivity contribution is 0.236. The zero-order chi connectivity index (χ0) is 15.9. The molecule has 2 heterocycles. The lowest BCUT2D eigenvalue weighted by Gasteiger charge is -2.30. The van der Waals surface area contributed by atoms with E-state index < -0.39 is 0 Å². The molecule has 1 N–H and O–H groups in total. The van der Waals surface area contributed by atoms with Gasteiger partial charge in [0.1, 0.15) is 24.3 Å². The van der Waals surface area contributed by atoms with Gasteiger partial charge in [0.05, 0.1) is 0 Å². The van der Waals surface area contributed by atoms with E-state index in [-0.39, 0.29) is 5.54 Å². The number of ether oxygens (including phenoxy) is 1. The van der Waals surface area contributed by atoms with E-state index in [2.05, 4.69) is 33.5 Å². The van der Waals surface area contributed by atoms with E-state index in [0.29, 0.717) is 6.61 Å². The fourth-order valence-electron chi connectivity index (χ4n) is 3.61. The minimum atomic E-state index is -0.0608. The SMILES string of the molecule is CNc1ncncc1-c1ccc2c(c1)C[C@]1(CC2)COC(C)=N1. The maximum absolute atomic E-state index is 5.63. The third-order valence-electron chi connectivity index (χ3n) is 4.79. The highest BCUT2D eigenvalue weighted by atomic mass is 16.5. The van der Waals surface area contributed by atoms with Crippen LogP contribution in [0.2, 0.25) is 0 Å². The second-order valence-electron chi connectivity index (χ2n) is 6.34. The molecule has 1 atom stereocenters. The maximum atomic E-state index is 5.63. The second kappa shape index (κ2) is 5.33. The van der Waals surface area contributed by atoms with Gasteiger partial charge in [0.25, 0.3) is 0 Å². The summed E-state index contributed by atoms with van der Waals surface area (Å²) >= 11 is 0. The molecule has 23 heavy (non-hydrogen) atoms. The summed E-state index contributed by atoms with van der Waals surface area (Å²) in [5.74, 6) is 1.67. The minimum absolute atomic E-state index is 0.0608. The summed E-state index contributed by atoms with van der Waals surface area (Å²) in [4.78, 5) is 13.2. The number of aryl methyl sites for hydroxylation is 1. The van der Waals surface area contributed by atoms with Crippen molar-refractivity contribution in [2.24, 2.45) is 4.99 Å². The molecule has 2 aromatic rings. The summed E-state index contributed by atoms with van der Waals surface area (Å²) in [6, 6.07) is 6.66. The van der Waals surface area contributed by atoms with Crippen LogP contribution in [0.25, 0.3) is 11.1 Å². The Morgan fingerprint density at radius 1 is 1.26 bits per heavy atom. The predicted octanol–water partition coefficient (Wildman–Crippen LogP) is 2.86. The van der Waals surface area contributed by atoms with Crippen LogP contribution in [-0.4, -0.2) is 35.1 Å². The Balaban J connectivity index is 1.73. The summed E-state index contributed by atoms with van der Waals surface area (Å²) in [5, 5.41) is 3.14. The molecule has 1 aliphatic heterocycles. The molecular formula is C18H20N4O. The average molecular weight is 308 g/mol. The molecule has 2 aliphatic rings. The van der Waals surface area contributed by atoms with Crippen LogP contribution in [-0.2, 0) is 17.6 Å². The molecule has 1 aliphatic carbocycles. The van der Waals surface area contributed by atoms with Crippen LogP contribution in [0.4, 0.5) is 5.82 Å². The Bertz CT molecular complexity index is 786. The summed E-state index contributed by atoms with van der Waals surface area (Å²) < 4.78 is 5.63. The molecule has 0 amide bonds. The van der Waals surface area contributed by atoms with Gasteiger partial charge in [0, 0.05) is 32.2 Å². The summed E-state index contributed by atoms with van der Waals surface area (Å²) in [7, 11) is 1.88. The highest BCUT2D eigenvalue weighted by Crippen LogP contribution is 2.37. The van der Waals surface area contributed by atoms with E-state index in [9.17, 15) is 0 Å². The standard InChI is InChI=1S/C18H20N4O/c1-12-22-18(10-23-12)6-5-13-3-4-14(7-15(13)8-18)16-9-20-11-21-17(16)19-2/h3-4,7,9,11H,5-6,8,10H2,1-2H3,(H,19,20,21)/t18-/m1/s1. The first-order chi connectivity index (χ1) is 11.2. The number of nitrogens with zero attached hydrogens (tertiary/aromatic N) is 3. The number of hydrogen-bond acceptors (Lipinski definition) is 5. The van der Waals surface area contributed by atoms with Crippen molar-refractivity contribution < 1.29 is 4.74 Å². The molecule has 0 fully saturated rings. The van der Waals surface area contributed by atoms with Gasteiger partial charge in [-0.25, -0.2) is 15.0 Å². The predicted molar refractivity (Wildman–Crippen MR) is 90.8 cm³/mol. The van der Waals surface area contributed by atoms with Gasteiger partial charge >= 0.3 is 0 Å². The first kappa shape index (κ1) is 14.2. The van der Waals surface area contributed by atoms with E-state index in [1.165, 1.54) is 11.1 Å². The third-order valence-corrected chi connectivity index (χ3v) is 4.79. The van der Waals surface area contributed by atoms with Crippen molar-refractivity contribution in [3.8, 4) is 11.1 Å². The maximum Gasteiger partial charge on any atom is 0.180 e. The number of rotatable bonds is 2. The number of anilines is 1. The van der Waals surface area contributed by atoms with Crippen molar-refractivity contribution in [1.82, 2.24) is 9.97 Å². The van der Waals surface area contributed by atoms with Gasteiger partial charge in [-0.2, -0.15) is 0 Å². The van der Waals surface area contributed by atoms with Crippen molar-refractivity contribution in [3.05, 3.63) is 41.9 Å². The molecule has 5 heteroatoms. The number of nitrogens with one attached hydrogen (secondary N) is 1. The Labute approximate surface area is 135 Å². The zero-order valence-electron chi connectivity index (χ0n) is 13.5. The van der Waals surface area contributed by atoms with Crippen LogP contribution < -0.4 is 5.32 Å². The van der Waals surface area contributed by atoms with Gasteiger partial charge in [-0.15, -0.1) is 0 Å². The summed E-state index contributed by atoms with van der Waals surface area (Å²) in [6.45, 7) is 2.65. The van der Waals surface area contributed by atoms with E-state index in [1.54, 1.807) is 6.33 Å². The van der Waals surface area contributed by atoms with Crippen LogP contribution in [0.5, 0.6) is 0 Å². The highest BCUT2D eigenvalue weighted by Gasteiger charge is 2.38. The molecule has 0 saturated carbocycles. The van der Waals surface area contributed by atoms with Crippen molar-refractivity contribution in [2.75, 3.05) is 19.0 Å². The van der Waals surface area contributed by atoms with Crippen LogP contribution in [0.15, 0.2) is 35.7 Å². The molecular weight excluding hydrogens is 288 g/mol. The molecule has 1 aromatic heterocycles. The lowest BCUT2D eigenvalue weighted by atomic mass is 9.78. The topological polar surface area (TPSA) is 59.4 Å². The molecule has 1 spiro atoms. The number of hydrogen-bond donors (Lipinski definition) is 1. The summed E-state index contributed by atoms with van der Waals surface area (Å²) in [6.07, 6.45) is 6.49. The molecule has 0 saturated heterocycles. The largest absolute Gasteiger partial charge is 0.479 e. The van der Waals surface area contributed by atoms with Crippen molar-refractivity contribution in [3.63, 3.8) is 0 Å². The number of aliphatic imine (C=N–C) groups is 1. The molecule has 1 aromatic carbocycles. The Kier molecular flexibility index (Phi) is 3.29. The van der Waals surface area contributed by atoms with Gasteiger partial charge < -0.3 is 10.1 Å².